The number of nitrogens with zero attached hydrogens (tertiary/aromatic N) is 4. The minimum absolute atomic E-state index is 0.0444. The van der Waals surface area contributed by atoms with Gasteiger partial charge in [-0.05, 0) is 11.6 Å². The lowest BCUT2D eigenvalue weighted by Gasteiger charge is -2.05. The standard InChI is InChI=1S/C11H14N6O2S2/c1-16(2)10-14-15-11(21-10)20-6-7-3-4-9(17(18)19)8(5-7)13-12/h3-5,13H,6,12H2,1-2H3. The predicted molar refractivity (Wildman–Crippen MR) is 84.7 cm³/mol. The van der Waals surface area contributed by atoms with Crippen LogP contribution in [0.3, 0.4) is 0 Å². The van der Waals surface area contributed by atoms with E-state index in [2.05, 4.69) is 15.6 Å². The smallest absolute Gasteiger partial charge is 0.293 e. The van der Waals surface area contributed by atoms with E-state index in [0.717, 1.165) is 15.0 Å². The van der Waals surface area contributed by atoms with Gasteiger partial charge in [-0.3, -0.25) is 16.0 Å². The molecule has 0 radical (unpaired) electrons. The first-order valence-electron chi connectivity index (χ1n) is 5.89. The number of anilines is 2. The van der Waals surface area contributed by atoms with Crippen molar-refractivity contribution in [2.75, 3.05) is 24.4 Å². The first-order valence-corrected chi connectivity index (χ1v) is 7.69. The van der Waals surface area contributed by atoms with Crippen molar-refractivity contribution in [3.05, 3.63) is 33.9 Å². The zero-order valence-corrected chi connectivity index (χ0v) is 13.1. The average molecular weight is 326 g/mol. The van der Waals surface area contributed by atoms with Crippen molar-refractivity contribution in [3.63, 3.8) is 0 Å². The number of thioether (sulfide) groups is 1. The highest BCUT2D eigenvalue weighted by molar-refractivity contribution is 8.00. The number of hydrazine groups is 1. The number of hydrogen-bond acceptors (Lipinski definition) is 9. The number of aromatic nitrogens is 2. The van der Waals surface area contributed by atoms with Gasteiger partial charge in [0, 0.05) is 25.9 Å². The molecule has 2 aromatic rings. The van der Waals surface area contributed by atoms with E-state index in [0.29, 0.717) is 11.4 Å². The molecule has 1 aromatic heterocycles. The van der Waals surface area contributed by atoms with Gasteiger partial charge in [0.05, 0.1) is 4.92 Å². The molecular weight excluding hydrogens is 312 g/mol. The fourth-order valence-electron chi connectivity index (χ4n) is 1.53. The molecule has 1 aromatic carbocycles. The van der Waals surface area contributed by atoms with Crippen LogP contribution in [0.5, 0.6) is 0 Å². The van der Waals surface area contributed by atoms with Crippen molar-refractivity contribution < 1.29 is 4.92 Å². The van der Waals surface area contributed by atoms with Crippen molar-refractivity contribution in [2.24, 2.45) is 5.84 Å². The Hall–Kier alpha value is -1.91. The number of nitrogens with two attached hydrogens (primary N) is 1. The highest BCUT2D eigenvalue weighted by Crippen LogP contribution is 2.31. The third-order valence-corrected chi connectivity index (χ3v) is 4.85. The first-order chi connectivity index (χ1) is 10.0. The van der Waals surface area contributed by atoms with Crippen molar-refractivity contribution in [3.8, 4) is 0 Å². The lowest BCUT2D eigenvalue weighted by Crippen LogP contribution is -2.09. The molecule has 0 amide bonds. The molecule has 0 aliphatic heterocycles. The van der Waals surface area contributed by atoms with Crippen LogP contribution in [0.1, 0.15) is 5.56 Å². The van der Waals surface area contributed by atoms with Gasteiger partial charge in [0.2, 0.25) is 5.13 Å². The Morgan fingerprint density at radius 1 is 1.48 bits per heavy atom. The number of hydrogen-bond donors (Lipinski definition) is 2. The van der Waals surface area contributed by atoms with Gasteiger partial charge in [-0.15, -0.1) is 10.2 Å². The maximum absolute atomic E-state index is 10.8. The van der Waals surface area contributed by atoms with E-state index >= 15 is 0 Å². The van der Waals surface area contributed by atoms with Crippen LogP contribution in [0.15, 0.2) is 22.5 Å². The zero-order chi connectivity index (χ0) is 15.4. The summed E-state index contributed by atoms with van der Waals surface area (Å²) < 4.78 is 0.847. The molecule has 0 aliphatic rings. The molecule has 8 nitrogen and oxygen atoms in total. The van der Waals surface area contributed by atoms with Crippen LogP contribution < -0.4 is 16.2 Å². The Bertz CT molecular complexity index is 645. The summed E-state index contributed by atoms with van der Waals surface area (Å²) in [4.78, 5) is 12.2. The summed E-state index contributed by atoms with van der Waals surface area (Å²) in [6, 6.07) is 4.81. The van der Waals surface area contributed by atoms with Crippen LogP contribution in [0.2, 0.25) is 0 Å². The van der Waals surface area contributed by atoms with E-state index < -0.39 is 4.92 Å². The zero-order valence-electron chi connectivity index (χ0n) is 11.4. The van der Waals surface area contributed by atoms with Crippen molar-refractivity contribution >= 4 is 39.6 Å². The summed E-state index contributed by atoms with van der Waals surface area (Å²) in [5, 5.41) is 19.8. The fraction of sp³-hybridized carbons (Fsp3) is 0.273. The quantitative estimate of drug-likeness (QED) is 0.359. The maximum Gasteiger partial charge on any atom is 0.293 e. The molecule has 0 unspecified atom stereocenters. The number of nitrogen functional groups attached to an aromatic ring is 1. The van der Waals surface area contributed by atoms with Crippen LogP contribution in [0, 0.1) is 10.1 Å². The maximum atomic E-state index is 10.8. The van der Waals surface area contributed by atoms with Crippen molar-refractivity contribution in [1.82, 2.24) is 10.2 Å². The Labute approximate surface area is 129 Å². The Morgan fingerprint density at radius 3 is 2.81 bits per heavy atom. The van der Waals surface area contributed by atoms with Crippen LogP contribution in [-0.4, -0.2) is 29.2 Å². The van der Waals surface area contributed by atoms with Crippen LogP contribution >= 0.6 is 23.1 Å². The van der Waals surface area contributed by atoms with Gasteiger partial charge in [0.15, 0.2) is 4.34 Å². The van der Waals surface area contributed by atoms with Gasteiger partial charge in [0.25, 0.3) is 5.69 Å². The number of benzene rings is 1. The second-order valence-electron chi connectivity index (χ2n) is 4.29. The summed E-state index contributed by atoms with van der Waals surface area (Å²) in [5.74, 6) is 5.95. The second-order valence-corrected chi connectivity index (χ2v) is 6.47. The molecule has 0 saturated carbocycles. The van der Waals surface area contributed by atoms with E-state index in [1.54, 1.807) is 12.1 Å². The third-order valence-electron chi connectivity index (χ3n) is 2.55. The molecule has 0 fully saturated rings. The van der Waals surface area contributed by atoms with Crippen LogP contribution in [-0.2, 0) is 5.75 Å². The van der Waals surface area contributed by atoms with Gasteiger partial charge in [-0.25, -0.2) is 0 Å². The minimum atomic E-state index is -0.472. The molecule has 0 aliphatic carbocycles. The topological polar surface area (TPSA) is 110 Å². The van der Waals surface area contributed by atoms with Crippen molar-refractivity contribution in [2.45, 2.75) is 10.1 Å². The molecule has 0 atom stereocenters. The highest BCUT2D eigenvalue weighted by atomic mass is 32.2. The molecule has 2 rings (SSSR count). The third kappa shape index (κ3) is 3.80. The highest BCUT2D eigenvalue weighted by Gasteiger charge is 2.14. The molecule has 0 saturated heterocycles. The van der Waals surface area contributed by atoms with Gasteiger partial charge in [-0.2, -0.15) is 0 Å². The summed E-state index contributed by atoms with van der Waals surface area (Å²) in [7, 11) is 3.81. The van der Waals surface area contributed by atoms with Gasteiger partial charge in [0.1, 0.15) is 5.69 Å². The molecule has 0 bridgehead atoms. The Balaban J connectivity index is 2.07. The largest absolute Gasteiger partial charge is 0.353 e. The van der Waals surface area contributed by atoms with E-state index in [4.69, 9.17) is 5.84 Å². The summed E-state index contributed by atoms with van der Waals surface area (Å²) in [5.41, 5.74) is 3.52. The Kier molecular flexibility index (Phi) is 4.94. The molecule has 3 N–H and O–H groups in total. The molecule has 21 heavy (non-hydrogen) atoms. The summed E-state index contributed by atoms with van der Waals surface area (Å²) >= 11 is 3.02. The van der Waals surface area contributed by atoms with Gasteiger partial charge < -0.3 is 10.3 Å². The van der Waals surface area contributed by atoms with Crippen molar-refractivity contribution in [1.29, 1.82) is 0 Å². The molecule has 1 heterocycles. The van der Waals surface area contributed by atoms with Gasteiger partial charge in [-0.1, -0.05) is 29.2 Å². The van der Waals surface area contributed by atoms with Crippen LogP contribution in [0.25, 0.3) is 0 Å². The van der Waals surface area contributed by atoms with E-state index in [9.17, 15) is 10.1 Å². The summed E-state index contributed by atoms with van der Waals surface area (Å²) in [6.07, 6.45) is 0. The number of rotatable bonds is 6. The monoisotopic (exact) mass is 326 g/mol. The first kappa shape index (κ1) is 15.5. The number of nitrogens with one attached hydrogen (secondary N) is 1. The number of nitro groups is 1. The Morgan fingerprint density at radius 2 is 2.24 bits per heavy atom. The normalized spacial score (nSPS) is 10.4. The van der Waals surface area contributed by atoms with Gasteiger partial charge >= 0.3 is 0 Å². The van der Waals surface area contributed by atoms with E-state index in [1.165, 1.54) is 29.2 Å². The molecule has 112 valence electrons. The molecular formula is C11H14N6O2S2. The van der Waals surface area contributed by atoms with Crippen LogP contribution in [0.4, 0.5) is 16.5 Å². The van der Waals surface area contributed by atoms with E-state index in [1.807, 2.05) is 19.0 Å². The summed E-state index contributed by atoms with van der Waals surface area (Å²) in [6.45, 7) is 0. The predicted octanol–water partition coefficient (Wildman–Crippen LogP) is 2.09. The lowest BCUT2D eigenvalue weighted by molar-refractivity contribution is -0.384. The average Bonchev–Trinajstić information content (AvgIpc) is 2.93. The van der Waals surface area contributed by atoms with E-state index in [-0.39, 0.29) is 5.69 Å². The minimum Gasteiger partial charge on any atom is -0.353 e. The number of nitro benzene ring substituents is 1. The lowest BCUT2D eigenvalue weighted by atomic mass is 10.2. The fourth-order valence-corrected chi connectivity index (χ4v) is 3.24. The molecule has 10 heteroatoms. The SMILES string of the molecule is CN(C)c1nnc(SCc2ccc([N+](=O)[O-])c(NN)c2)s1. The second kappa shape index (κ2) is 6.70. The molecule has 0 spiro atoms.